The van der Waals surface area contributed by atoms with Crippen LogP contribution in [0, 0.1) is 22.0 Å². The molecule has 1 unspecified atom stereocenters. The second kappa shape index (κ2) is 9.56. The average Bonchev–Trinajstić information content (AvgIpc) is 2.67. The maximum Gasteiger partial charge on any atom is 0.293 e. The molecule has 1 atom stereocenters. The summed E-state index contributed by atoms with van der Waals surface area (Å²) in [5.41, 5.74) is 7.02. The van der Waals surface area contributed by atoms with Gasteiger partial charge in [0.05, 0.1) is 4.92 Å². The van der Waals surface area contributed by atoms with Crippen LogP contribution in [0.15, 0.2) is 18.2 Å². The van der Waals surface area contributed by atoms with Crippen LogP contribution in [0.2, 0.25) is 0 Å². The molecule has 8 heteroatoms. The van der Waals surface area contributed by atoms with Gasteiger partial charge in [0.2, 0.25) is 0 Å². The maximum absolute atomic E-state index is 12.8. The molecule has 2 N–H and O–H groups in total. The van der Waals surface area contributed by atoms with Crippen molar-refractivity contribution in [1.82, 2.24) is 4.90 Å². The van der Waals surface area contributed by atoms with E-state index in [0.29, 0.717) is 36.2 Å². The SMILES string of the molecule is CC1CCN(c2ccc(C(=O)N3CCC(C(C)N)CC3)cc2[N+](=O)[O-])CC1.Cl. The molecule has 156 valence electrons. The van der Waals surface area contributed by atoms with E-state index in [1.807, 2.05) is 6.92 Å². The van der Waals surface area contributed by atoms with Gasteiger partial charge in [0.15, 0.2) is 0 Å². The van der Waals surface area contributed by atoms with Crippen molar-refractivity contribution in [2.45, 2.75) is 45.6 Å². The summed E-state index contributed by atoms with van der Waals surface area (Å²) in [7, 11) is 0. The number of piperidine rings is 2. The molecule has 0 spiro atoms. The summed E-state index contributed by atoms with van der Waals surface area (Å²) >= 11 is 0. The molecule has 2 heterocycles. The lowest BCUT2D eigenvalue weighted by molar-refractivity contribution is -0.384. The minimum Gasteiger partial charge on any atom is -0.366 e. The Balaban J connectivity index is 0.00000280. The number of nitro benzene ring substituents is 1. The molecule has 2 aliphatic heterocycles. The fraction of sp³-hybridized carbons (Fsp3) is 0.650. The van der Waals surface area contributed by atoms with E-state index in [-0.39, 0.29) is 35.0 Å². The van der Waals surface area contributed by atoms with Crippen LogP contribution in [0.4, 0.5) is 11.4 Å². The van der Waals surface area contributed by atoms with Gasteiger partial charge in [-0.05, 0) is 56.6 Å². The highest BCUT2D eigenvalue weighted by Gasteiger charge is 2.28. The van der Waals surface area contributed by atoms with Gasteiger partial charge < -0.3 is 15.5 Å². The number of rotatable bonds is 4. The summed E-state index contributed by atoms with van der Waals surface area (Å²) in [4.78, 5) is 28.0. The molecular weight excluding hydrogens is 380 g/mol. The molecule has 0 saturated carbocycles. The third-order valence-electron chi connectivity index (χ3n) is 6.11. The van der Waals surface area contributed by atoms with Gasteiger partial charge in [0, 0.05) is 43.9 Å². The van der Waals surface area contributed by atoms with Gasteiger partial charge in [-0.15, -0.1) is 12.4 Å². The number of nitrogens with two attached hydrogens (primary N) is 1. The first-order chi connectivity index (χ1) is 12.9. The van der Waals surface area contributed by atoms with Gasteiger partial charge in [0.25, 0.3) is 11.6 Å². The highest BCUT2D eigenvalue weighted by Crippen LogP contribution is 2.33. The zero-order chi connectivity index (χ0) is 19.6. The number of carbonyl (C=O) groups is 1. The Kier molecular flexibility index (Phi) is 7.66. The van der Waals surface area contributed by atoms with E-state index < -0.39 is 0 Å². The molecule has 0 radical (unpaired) electrons. The number of halogens is 1. The van der Waals surface area contributed by atoms with Gasteiger partial charge >= 0.3 is 0 Å². The molecule has 1 aromatic carbocycles. The summed E-state index contributed by atoms with van der Waals surface area (Å²) in [6.07, 6.45) is 3.84. The molecule has 2 fully saturated rings. The molecular formula is C20H31ClN4O3. The Morgan fingerprint density at radius 1 is 1.18 bits per heavy atom. The van der Waals surface area contributed by atoms with Crippen LogP contribution in [0.5, 0.6) is 0 Å². The number of hydrogen-bond donors (Lipinski definition) is 1. The molecule has 0 aromatic heterocycles. The van der Waals surface area contributed by atoms with E-state index in [4.69, 9.17) is 5.73 Å². The summed E-state index contributed by atoms with van der Waals surface area (Å²) in [6, 6.07) is 5.07. The topological polar surface area (TPSA) is 92.7 Å². The summed E-state index contributed by atoms with van der Waals surface area (Å²) in [6.45, 7) is 7.17. The number of likely N-dealkylation sites (tertiary alicyclic amines) is 1. The van der Waals surface area contributed by atoms with Gasteiger partial charge in [-0.2, -0.15) is 0 Å². The highest BCUT2D eigenvalue weighted by atomic mass is 35.5. The van der Waals surface area contributed by atoms with E-state index in [9.17, 15) is 14.9 Å². The van der Waals surface area contributed by atoms with Gasteiger partial charge in [-0.1, -0.05) is 6.92 Å². The third-order valence-corrected chi connectivity index (χ3v) is 6.11. The molecule has 2 aliphatic rings. The fourth-order valence-electron chi connectivity index (χ4n) is 4.13. The number of hydrogen-bond acceptors (Lipinski definition) is 5. The smallest absolute Gasteiger partial charge is 0.293 e. The minimum absolute atomic E-state index is 0. The zero-order valence-corrected chi connectivity index (χ0v) is 17.5. The number of nitrogens with zero attached hydrogens (tertiary/aromatic N) is 3. The van der Waals surface area contributed by atoms with Crippen molar-refractivity contribution >= 4 is 29.7 Å². The summed E-state index contributed by atoms with van der Waals surface area (Å²) < 4.78 is 0. The van der Waals surface area contributed by atoms with Crippen LogP contribution in [0.1, 0.15) is 49.9 Å². The van der Waals surface area contributed by atoms with Gasteiger partial charge in [0.1, 0.15) is 5.69 Å². The Hall–Kier alpha value is -1.86. The first-order valence-electron chi connectivity index (χ1n) is 9.95. The summed E-state index contributed by atoms with van der Waals surface area (Å²) in [5.74, 6) is 0.965. The predicted octanol–water partition coefficient (Wildman–Crippen LogP) is 3.45. The van der Waals surface area contributed by atoms with Crippen LogP contribution in [0.25, 0.3) is 0 Å². The number of anilines is 1. The van der Waals surface area contributed by atoms with Crippen molar-refractivity contribution in [2.75, 3.05) is 31.1 Å². The molecule has 2 saturated heterocycles. The van der Waals surface area contributed by atoms with Crippen molar-refractivity contribution in [3.8, 4) is 0 Å². The molecule has 3 rings (SSSR count). The number of amides is 1. The normalized spacial score (nSPS) is 19.8. The Morgan fingerprint density at radius 3 is 2.32 bits per heavy atom. The van der Waals surface area contributed by atoms with Gasteiger partial charge in [-0.3, -0.25) is 14.9 Å². The Labute approximate surface area is 172 Å². The van der Waals surface area contributed by atoms with Crippen LogP contribution in [0.3, 0.4) is 0 Å². The standard InChI is InChI=1S/C20H30N4O3.ClH/c1-14-5-9-22(10-6-14)18-4-3-17(13-19(18)24(26)27)20(25)23-11-7-16(8-12-23)15(2)21;/h3-4,13-16H,5-12,21H2,1-2H3;1H. The minimum atomic E-state index is -0.369. The van der Waals surface area contributed by atoms with Crippen molar-refractivity contribution in [3.05, 3.63) is 33.9 Å². The average molecular weight is 411 g/mol. The molecule has 0 bridgehead atoms. The monoisotopic (exact) mass is 410 g/mol. The number of benzene rings is 1. The zero-order valence-electron chi connectivity index (χ0n) is 16.7. The number of nitro groups is 1. The largest absolute Gasteiger partial charge is 0.366 e. The molecule has 7 nitrogen and oxygen atoms in total. The Morgan fingerprint density at radius 2 is 1.79 bits per heavy atom. The van der Waals surface area contributed by atoms with Crippen LogP contribution < -0.4 is 10.6 Å². The molecule has 1 amide bonds. The van der Waals surface area contributed by atoms with Crippen molar-refractivity contribution in [2.24, 2.45) is 17.6 Å². The number of carbonyl (C=O) groups excluding carboxylic acids is 1. The maximum atomic E-state index is 12.8. The highest BCUT2D eigenvalue weighted by molar-refractivity contribution is 5.96. The summed E-state index contributed by atoms with van der Waals surface area (Å²) in [5, 5.41) is 11.6. The van der Waals surface area contributed by atoms with Crippen LogP contribution in [-0.2, 0) is 0 Å². The third kappa shape index (κ3) is 4.94. The fourth-order valence-corrected chi connectivity index (χ4v) is 4.13. The Bertz CT molecular complexity index is 697. The van der Waals surface area contributed by atoms with Crippen molar-refractivity contribution in [1.29, 1.82) is 0 Å². The lowest BCUT2D eigenvalue weighted by atomic mass is 9.90. The van der Waals surface area contributed by atoms with E-state index >= 15 is 0 Å². The quantitative estimate of drug-likeness (QED) is 0.606. The van der Waals surface area contributed by atoms with Crippen molar-refractivity contribution in [3.63, 3.8) is 0 Å². The van der Waals surface area contributed by atoms with Crippen molar-refractivity contribution < 1.29 is 9.72 Å². The van der Waals surface area contributed by atoms with Crippen LogP contribution in [-0.4, -0.2) is 48.0 Å². The second-order valence-corrected chi connectivity index (χ2v) is 8.12. The van der Waals surface area contributed by atoms with E-state index in [1.54, 1.807) is 17.0 Å². The van der Waals surface area contributed by atoms with E-state index in [2.05, 4.69) is 11.8 Å². The second-order valence-electron chi connectivity index (χ2n) is 8.12. The molecule has 1 aromatic rings. The first-order valence-corrected chi connectivity index (χ1v) is 9.95. The lowest BCUT2D eigenvalue weighted by Crippen LogP contribution is -2.42. The lowest BCUT2D eigenvalue weighted by Gasteiger charge is -2.34. The molecule has 0 aliphatic carbocycles. The van der Waals surface area contributed by atoms with Crippen LogP contribution >= 0.6 is 12.4 Å². The van der Waals surface area contributed by atoms with E-state index in [1.165, 1.54) is 6.07 Å². The first kappa shape index (κ1) is 22.4. The predicted molar refractivity (Wildman–Crippen MR) is 113 cm³/mol. The van der Waals surface area contributed by atoms with E-state index in [0.717, 1.165) is 38.8 Å². The molecule has 28 heavy (non-hydrogen) atoms. The van der Waals surface area contributed by atoms with Gasteiger partial charge in [-0.25, -0.2) is 0 Å².